The molecule has 1 aromatic heterocycles. The van der Waals surface area contributed by atoms with E-state index in [0.717, 1.165) is 16.7 Å². The topological polar surface area (TPSA) is 70.3 Å². The Kier molecular flexibility index (Phi) is 3.09. The zero-order valence-electron chi connectivity index (χ0n) is 10.9. The van der Waals surface area contributed by atoms with Gasteiger partial charge >= 0.3 is 0 Å². The van der Waals surface area contributed by atoms with Gasteiger partial charge in [-0.2, -0.15) is 0 Å². The summed E-state index contributed by atoms with van der Waals surface area (Å²) >= 11 is 0. The summed E-state index contributed by atoms with van der Waals surface area (Å²) in [7, 11) is 1.61. The van der Waals surface area contributed by atoms with Gasteiger partial charge < -0.3 is 15.2 Å². The number of nitrogen functional groups attached to an aromatic ring is 1. The normalized spacial score (nSPS) is 10.4. The molecule has 100 valence electrons. The minimum absolute atomic E-state index is 0.489. The average Bonchev–Trinajstić information content (AvgIpc) is 2.47. The van der Waals surface area contributed by atoms with E-state index in [1.54, 1.807) is 25.3 Å². The molecular formula is C15H13N3O2. The summed E-state index contributed by atoms with van der Waals surface area (Å²) in [5.41, 5.74) is 7.15. The van der Waals surface area contributed by atoms with Crippen LogP contribution < -0.4 is 15.2 Å². The van der Waals surface area contributed by atoms with Crippen molar-refractivity contribution in [3.63, 3.8) is 0 Å². The van der Waals surface area contributed by atoms with Crippen LogP contribution in [0.5, 0.6) is 17.4 Å². The molecular weight excluding hydrogens is 254 g/mol. The van der Waals surface area contributed by atoms with Gasteiger partial charge in [0.25, 0.3) is 0 Å². The van der Waals surface area contributed by atoms with Crippen molar-refractivity contribution in [2.45, 2.75) is 0 Å². The number of rotatable bonds is 3. The second kappa shape index (κ2) is 5.05. The summed E-state index contributed by atoms with van der Waals surface area (Å²) in [6, 6.07) is 12.8. The third-order valence-corrected chi connectivity index (χ3v) is 2.88. The number of nitrogens with zero attached hydrogens (tertiary/aromatic N) is 2. The summed E-state index contributed by atoms with van der Waals surface area (Å²) in [5, 5.41) is 0.810. The van der Waals surface area contributed by atoms with E-state index in [1.807, 2.05) is 24.3 Å². The van der Waals surface area contributed by atoms with Gasteiger partial charge in [-0.25, -0.2) is 9.97 Å². The molecule has 5 nitrogen and oxygen atoms in total. The van der Waals surface area contributed by atoms with Crippen LogP contribution in [-0.4, -0.2) is 17.1 Å². The number of fused-ring (bicyclic) bond motifs is 1. The fourth-order valence-electron chi connectivity index (χ4n) is 1.91. The number of ether oxygens (including phenoxy) is 2. The summed E-state index contributed by atoms with van der Waals surface area (Å²) < 4.78 is 11.0. The van der Waals surface area contributed by atoms with Crippen molar-refractivity contribution >= 4 is 16.6 Å². The standard InChI is InChI=1S/C15H13N3O2/c1-19-11-3-2-4-12(8-11)20-15-13-6-5-10(16)7-14(13)17-9-18-15/h2-9H,16H2,1H3. The highest BCUT2D eigenvalue weighted by atomic mass is 16.5. The number of aromatic nitrogens is 2. The number of hydrogen-bond acceptors (Lipinski definition) is 5. The highest BCUT2D eigenvalue weighted by molar-refractivity contribution is 5.85. The zero-order chi connectivity index (χ0) is 13.9. The lowest BCUT2D eigenvalue weighted by Gasteiger charge is -2.08. The molecule has 0 unspecified atom stereocenters. The van der Waals surface area contributed by atoms with E-state index in [-0.39, 0.29) is 0 Å². The van der Waals surface area contributed by atoms with Crippen molar-refractivity contribution in [2.75, 3.05) is 12.8 Å². The smallest absolute Gasteiger partial charge is 0.230 e. The zero-order valence-corrected chi connectivity index (χ0v) is 10.9. The Morgan fingerprint density at radius 2 is 1.85 bits per heavy atom. The van der Waals surface area contributed by atoms with Gasteiger partial charge in [-0.3, -0.25) is 0 Å². The van der Waals surface area contributed by atoms with Crippen LogP contribution in [0.1, 0.15) is 0 Å². The minimum atomic E-state index is 0.489. The lowest BCUT2D eigenvalue weighted by atomic mass is 10.2. The van der Waals surface area contributed by atoms with Crippen LogP contribution in [0.3, 0.4) is 0 Å². The van der Waals surface area contributed by atoms with Crippen LogP contribution in [-0.2, 0) is 0 Å². The lowest BCUT2D eigenvalue weighted by Crippen LogP contribution is -1.93. The maximum Gasteiger partial charge on any atom is 0.230 e. The van der Waals surface area contributed by atoms with Crippen molar-refractivity contribution in [2.24, 2.45) is 0 Å². The van der Waals surface area contributed by atoms with Gasteiger partial charge in [-0.15, -0.1) is 0 Å². The van der Waals surface area contributed by atoms with E-state index in [9.17, 15) is 0 Å². The Bertz CT molecular complexity index is 759. The molecule has 5 heteroatoms. The quantitative estimate of drug-likeness (QED) is 0.739. The number of methoxy groups -OCH3 is 1. The first-order valence-electron chi connectivity index (χ1n) is 6.08. The van der Waals surface area contributed by atoms with Crippen LogP contribution in [0.4, 0.5) is 5.69 Å². The van der Waals surface area contributed by atoms with E-state index in [4.69, 9.17) is 15.2 Å². The molecule has 0 atom stereocenters. The third-order valence-electron chi connectivity index (χ3n) is 2.88. The SMILES string of the molecule is COc1cccc(Oc2ncnc3cc(N)ccc23)c1. The molecule has 2 aromatic carbocycles. The maximum atomic E-state index is 5.80. The van der Waals surface area contributed by atoms with Crippen LogP contribution in [0.2, 0.25) is 0 Å². The predicted molar refractivity (Wildman–Crippen MR) is 77.0 cm³/mol. The minimum Gasteiger partial charge on any atom is -0.497 e. The van der Waals surface area contributed by atoms with Crippen molar-refractivity contribution < 1.29 is 9.47 Å². The predicted octanol–water partition coefficient (Wildman–Crippen LogP) is 3.01. The van der Waals surface area contributed by atoms with Crippen molar-refractivity contribution in [1.82, 2.24) is 9.97 Å². The van der Waals surface area contributed by atoms with Gasteiger partial charge in [0.15, 0.2) is 0 Å². The van der Waals surface area contributed by atoms with Crippen LogP contribution >= 0.6 is 0 Å². The fraction of sp³-hybridized carbons (Fsp3) is 0.0667. The summed E-state index contributed by atoms with van der Waals surface area (Å²) in [5.74, 6) is 1.87. The Labute approximate surface area is 116 Å². The molecule has 0 aliphatic carbocycles. The first kappa shape index (κ1) is 12.2. The molecule has 3 rings (SSSR count). The van der Waals surface area contributed by atoms with E-state index < -0.39 is 0 Å². The molecule has 0 amide bonds. The van der Waals surface area contributed by atoms with Crippen LogP contribution in [0.15, 0.2) is 48.8 Å². The van der Waals surface area contributed by atoms with Gasteiger partial charge in [-0.05, 0) is 30.3 Å². The van der Waals surface area contributed by atoms with Gasteiger partial charge in [0.1, 0.15) is 17.8 Å². The van der Waals surface area contributed by atoms with Crippen molar-refractivity contribution in [3.8, 4) is 17.4 Å². The van der Waals surface area contributed by atoms with E-state index in [2.05, 4.69) is 9.97 Å². The van der Waals surface area contributed by atoms with E-state index >= 15 is 0 Å². The van der Waals surface area contributed by atoms with Gasteiger partial charge in [0, 0.05) is 11.8 Å². The molecule has 20 heavy (non-hydrogen) atoms. The molecule has 0 spiro atoms. The number of nitrogens with two attached hydrogens (primary N) is 1. The van der Waals surface area contributed by atoms with Crippen molar-refractivity contribution in [1.29, 1.82) is 0 Å². The summed E-state index contributed by atoms with van der Waals surface area (Å²) in [6.07, 6.45) is 1.46. The summed E-state index contributed by atoms with van der Waals surface area (Å²) in [6.45, 7) is 0. The van der Waals surface area contributed by atoms with Crippen LogP contribution in [0, 0.1) is 0 Å². The van der Waals surface area contributed by atoms with Crippen LogP contribution in [0.25, 0.3) is 10.9 Å². The molecule has 0 aliphatic rings. The third kappa shape index (κ3) is 2.33. The van der Waals surface area contributed by atoms with Crippen molar-refractivity contribution in [3.05, 3.63) is 48.8 Å². The molecule has 0 aliphatic heterocycles. The first-order chi connectivity index (χ1) is 9.76. The van der Waals surface area contributed by atoms with Gasteiger partial charge in [0.05, 0.1) is 18.0 Å². The van der Waals surface area contributed by atoms with E-state index in [1.165, 1.54) is 6.33 Å². The Hall–Kier alpha value is -2.82. The molecule has 0 saturated heterocycles. The Morgan fingerprint density at radius 3 is 2.70 bits per heavy atom. The fourth-order valence-corrected chi connectivity index (χ4v) is 1.91. The monoisotopic (exact) mass is 267 g/mol. The molecule has 0 fully saturated rings. The molecule has 0 bridgehead atoms. The maximum absolute atomic E-state index is 5.80. The molecule has 0 saturated carbocycles. The number of anilines is 1. The summed E-state index contributed by atoms with van der Waals surface area (Å²) in [4.78, 5) is 8.35. The largest absolute Gasteiger partial charge is 0.497 e. The second-order valence-electron chi connectivity index (χ2n) is 4.24. The molecule has 2 N–H and O–H groups in total. The second-order valence-corrected chi connectivity index (χ2v) is 4.24. The highest BCUT2D eigenvalue weighted by Gasteiger charge is 2.07. The first-order valence-corrected chi connectivity index (χ1v) is 6.08. The Balaban J connectivity index is 2.02. The molecule has 1 heterocycles. The molecule has 0 radical (unpaired) electrons. The number of hydrogen-bond donors (Lipinski definition) is 1. The molecule has 3 aromatic rings. The number of benzene rings is 2. The van der Waals surface area contributed by atoms with Gasteiger partial charge in [0.2, 0.25) is 5.88 Å². The Morgan fingerprint density at radius 1 is 1.00 bits per heavy atom. The van der Waals surface area contributed by atoms with Gasteiger partial charge in [-0.1, -0.05) is 6.07 Å². The highest BCUT2D eigenvalue weighted by Crippen LogP contribution is 2.29. The van der Waals surface area contributed by atoms with E-state index in [0.29, 0.717) is 17.3 Å². The lowest BCUT2D eigenvalue weighted by molar-refractivity contribution is 0.408. The average molecular weight is 267 g/mol.